The van der Waals surface area contributed by atoms with Gasteiger partial charge < -0.3 is 8.98 Å². The maximum Gasteiger partial charge on any atom is 0.213 e. The summed E-state index contributed by atoms with van der Waals surface area (Å²) in [6.45, 7) is 0. The Balaban J connectivity index is 1.49. The Morgan fingerprint density at radius 1 is 0.543 bits per heavy atom. The summed E-state index contributed by atoms with van der Waals surface area (Å²) in [6, 6.07) is 36.1. The van der Waals surface area contributed by atoms with Gasteiger partial charge in [0.15, 0.2) is 0 Å². The van der Waals surface area contributed by atoms with E-state index in [0.29, 0.717) is 0 Å². The summed E-state index contributed by atoms with van der Waals surface area (Å²) in [7, 11) is 0. The van der Waals surface area contributed by atoms with Gasteiger partial charge in [0.1, 0.15) is 5.58 Å². The smallest absolute Gasteiger partial charge is 0.213 e. The van der Waals surface area contributed by atoms with E-state index in [1.165, 1.54) is 21.8 Å². The van der Waals surface area contributed by atoms with Gasteiger partial charge in [-0.15, -0.1) is 0 Å². The lowest BCUT2D eigenvalue weighted by Gasteiger charge is -2.09. The van der Waals surface area contributed by atoms with Crippen LogP contribution in [0.5, 0.6) is 0 Å². The number of nitrogens with zero attached hydrogens (tertiary/aromatic N) is 3. The molecule has 0 saturated carbocycles. The number of benzene rings is 4. The Bertz CT molecular complexity index is 2060. The predicted molar refractivity (Wildman–Crippen MR) is 143 cm³/mol. The Morgan fingerprint density at radius 3 is 2.20 bits per heavy atom. The van der Waals surface area contributed by atoms with Crippen molar-refractivity contribution in [3.8, 4) is 11.4 Å². The lowest BCUT2D eigenvalue weighted by molar-refractivity contribution is 0.645. The van der Waals surface area contributed by atoms with E-state index in [0.717, 1.165) is 44.3 Å². The molecule has 0 radical (unpaired) electrons. The Morgan fingerprint density at radius 2 is 1.29 bits per heavy atom. The van der Waals surface area contributed by atoms with E-state index in [2.05, 4.69) is 105 Å². The maximum atomic E-state index is 6.43. The standard InChI is InChI=1S/C31H19N3O/c1-2-8-20(9-3-1)33-26-12-6-4-10-22(26)24-18-21(14-15-27(24)33)34-28-16-17-32-19-25(28)30-23-11-5-7-13-29(23)35-31(30)34/h1-19H. The zero-order chi connectivity index (χ0) is 22.9. The quantitative estimate of drug-likeness (QED) is 0.268. The van der Waals surface area contributed by atoms with Gasteiger partial charge in [0.05, 0.1) is 21.9 Å². The van der Waals surface area contributed by atoms with Gasteiger partial charge in [-0.3, -0.25) is 9.55 Å². The summed E-state index contributed by atoms with van der Waals surface area (Å²) in [5.41, 5.74) is 7.42. The van der Waals surface area contributed by atoms with Crippen LogP contribution in [0.4, 0.5) is 0 Å². The summed E-state index contributed by atoms with van der Waals surface area (Å²) in [4.78, 5) is 4.43. The summed E-state index contributed by atoms with van der Waals surface area (Å²) >= 11 is 0. The number of aromatic nitrogens is 3. The molecule has 8 aromatic rings. The lowest BCUT2D eigenvalue weighted by Crippen LogP contribution is -1.95. The molecule has 0 amide bonds. The molecule has 0 spiro atoms. The molecular formula is C31H19N3O. The van der Waals surface area contributed by atoms with Crippen molar-refractivity contribution in [1.29, 1.82) is 0 Å². The molecule has 0 N–H and O–H groups in total. The van der Waals surface area contributed by atoms with E-state index in [1.807, 2.05) is 24.5 Å². The van der Waals surface area contributed by atoms with Gasteiger partial charge >= 0.3 is 0 Å². The van der Waals surface area contributed by atoms with Crippen molar-refractivity contribution >= 4 is 54.8 Å². The zero-order valence-corrected chi connectivity index (χ0v) is 18.7. The van der Waals surface area contributed by atoms with Crippen LogP contribution < -0.4 is 0 Å². The molecule has 0 aliphatic carbocycles. The fourth-order valence-electron chi connectivity index (χ4n) is 5.55. The van der Waals surface area contributed by atoms with Crippen molar-refractivity contribution in [1.82, 2.24) is 14.1 Å². The second-order valence-corrected chi connectivity index (χ2v) is 8.90. The van der Waals surface area contributed by atoms with Crippen molar-refractivity contribution in [2.45, 2.75) is 0 Å². The molecule has 0 aliphatic rings. The fraction of sp³-hybridized carbons (Fsp3) is 0. The number of para-hydroxylation sites is 3. The highest BCUT2D eigenvalue weighted by atomic mass is 16.3. The molecule has 4 heteroatoms. The van der Waals surface area contributed by atoms with Crippen molar-refractivity contribution in [2.24, 2.45) is 0 Å². The average Bonchev–Trinajstić information content (AvgIpc) is 3.55. The summed E-state index contributed by atoms with van der Waals surface area (Å²) in [5, 5.41) is 5.75. The van der Waals surface area contributed by atoms with Gasteiger partial charge in [0, 0.05) is 45.3 Å². The summed E-state index contributed by atoms with van der Waals surface area (Å²) < 4.78 is 11.0. The summed E-state index contributed by atoms with van der Waals surface area (Å²) in [5.74, 6) is 0. The molecule has 0 atom stereocenters. The van der Waals surface area contributed by atoms with E-state index in [4.69, 9.17) is 4.42 Å². The molecule has 0 fully saturated rings. The Labute approximate surface area is 200 Å². The number of hydrogen-bond acceptors (Lipinski definition) is 2. The second kappa shape index (κ2) is 6.84. The third-order valence-electron chi connectivity index (χ3n) is 7.02. The van der Waals surface area contributed by atoms with Crippen LogP contribution >= 0.6 is 0 Å². The highest BCUT2D eigenvalue weighted by Crippen LogP contribution is 2.40. The predicted octanol–water partition coefficient (Wildman–Crippen LogP) is 8.02. The van der Waals surface area contributed by atoms with Crippen LogP contribution in [0.2, 0.25) is 0 Å². The van der Waals surface area contributed by atoms with Crippen LogP contribution in [0.1, 0.15) is 0 Å². The van der Waals surface area contributed by atoms with Crippen LogP contribution in [0.15, 0.2) is 120 Å². The number of pyridine rings is 1. The molecule has 4 heterocycles. The first-order valence-electron chi connectivity index (χ1n) is 11.7. The molecule has 0 aliphatic heterocycles. The zero-order valence-electron chi connectivity index (χ0n) is 18.7. The lowest BCUT2D eigenvalue weighted by atomic mass is 10.1. The van der Waals surface area contributed by atoms with Gasteiger partial charge in [-0.1, -0.05) is 54.6 Å². The molecule has 4 nitrogen and oxygen atoms in total. The molecule has 0 bridgehead atoms. The Hall–Kier alpha value is -4.83. The Kier molecular flexibility index (Phi) is 3.63. The van der Waals surface area contributed by atoms with Crippen LogP contribution in [0.3, 0.4) is 0 Å². The molecule has 4 aromatic heterocycles. The van der Waals surface area contributed by atoms with Crippen LogP contribution in [-0.2, 0) is 0 Å². The topological polar surface area (TPSA) is 35.9 Å². The van der Waals surface area contributed by atoms with Gasteiger partial charge in [0.25, 0.3) is 0 Å². The minimum atomic E-state index is 0.848. The van der Waals surface area contributed by atoms with E-state index >= 15 is 0 Å². The minimum Gasteiger partial charge on any atom is -0.439 e. The van der Waals surface area contributed by atoms with Crippen molar-refractivity contribution in [2.75, 3.05) is 0 Å². The van der Waals surface area contributed by atoms with Crippen molar-refractivity contribution in [3.05, 3.63) is 116 Å². The molecule has 0 saturated heterocycles. The molecule has 4 aromatic carbocycles. The number of fused-ring (bicyclic) bond motifs is 8. The van der Waals surface area contributed by atoms with Gasteiger partial charge in [-0.05, 0) is 48.5 Å². The number of rotatable bonds is 2. The third kappa shape index (κ3) is 2.48. The fourth-order valence-corrected chi connectivity index (χ4v) is 5.55. The molecule has 164 valence electrons. The van der Waals surface area contributed by atoms with Crippen molar-refractivity contribution < 1.29 is 4.42 Å². The van der Waals surface area contributed by atoms with Gasteiger partial charge in [0.2, 0.25) is 5.71 Å². The molecule has 8 rings (SSSR count). The first-order chi connectivity index (χ1) is 17.4. The average molecular weight is 450 g/mol. The van der Waals surface area contributed by atoms with Crippen LogP contribution in [0, 0.1) is 0 Å². The van der Waals surface area contributed by atoms with Crippen LogP contribution in [-0.4, -0.2) is 14.1 Å². The van der Waals surface area contributed by atoms with E-state index in [1.54, 1.807) is 0 Å². The molecule has 0 unspecified atom stereocenters. The highest BCUT2D eigenvalue weighted by Gasteiger charge is 2.20. The second-order valence-electron chi connectivity index (χ2n) is 8.90. The normalized spacial score (nSPS) is 12.0. The summed E-state index contributed by atoms with van der Waals surface area (Å²) in [6.07, 6.45) is 3.79. The van der Waals surface area contributed by atoms with Crippen LogP contribution in [0.25, 0.3) is 66.2 Å². The SMILES string of the molecule is c1ccc(-n2c3ccccc3c3cc(-n4c5ccncc5c5c6ccccc6oc54)ccc32)cc1. The first-order valence-corrected chi connectivity index (χ1v) is 11.7. The molecule has 35 heavy (non-hydrogen) atoms. The van der Waals surface area contributed by atoms with Gasteiger partial charge in [-0.25, -0.2) is 0 Å². The minimum absolute atomic E-state index is 0.848. The van der Waals surface area contributed by atoms with E-state index in [-0.39, 0.29) is 0 Å². The monoisotopic (exact) mass is 449 g/mol. The third-order valence-corrected chi connectivity index (χ3v) is 7.02. The maximum absolute atomic E-state index is 6.43. The van der Waals surface area contributed by atoms with E-state index in [9.17, 15) is 0 Å². The van der Waals surface area contributed by atoms with Crippen molar-refractivity contribution in [3.63, 3.8) is 0 Å². The number of furan rings is 1. The van der Waals surface area contributed by atoms with E-state index < -0.39 is 0 Å². The molecular weight excluding hydrogens is 430 g/mol. The van der Waals surface area contributed by atoms with Gasteiger partial charge in [-0.2, -0.15) is 0 Å². The first kappa shape index (κ1) is 18.6. The largest absolute Gasteiger partial charge is 0.439 e. The highest BCUT2D eigenvalue weighted by molar-refractivity contribution is 6.20. The number of hydrogen-bond donors (Lipinski definition) is 0.